The third kappa shape index (κ3) is 2.63. The summed E-state index contributed by atoms with van der Waals surface area (Å²) in [4.78, 5) is 17.1. The van der Waals surface area contributed by atoms with Gasteiger partial charge in [-0.1, -0.05) is 48.5 Å². The van der Waals surface area contributed by atoms with E-state index in [0.29, 0.717) is 0 Å². The molecule has 1 saturated heterocycles. The number of fused-ring (bicyclic) bond motifs is 1. The van der Waals surface area contributed by atoms with Gasteiger partial charge in [-0.05, 0) is 6.92 Å². The van der Waals surface area contributed by atoms with Crippen LogP contribution in [0.3, 0.4) is 0 Å². The number of carbonyl (C=O) groups is 1. The van der Waals surface area contributed by atoms with Gasteiger partial charge < -0.3 is 4.74 Å². The molecule has 5 nitrogen and oxygen atoms in total. The van der Waals surface area contributed by atoms with Gasteiger partial charge in [0.15, 0.2) is 0 Å². The van der Waals surface area contributed by atoms with E-state index in [2.05, 4.69) is 4.99 Å². The van der Waals surface area contributed by atoms with E-state index >= 15 is 4.39 Å². The van der Waals surface area contributed by atoms with Gasteiger partial charge in [0.25, 0.3) is 5.92 Å². The van der Waals surface area contributed by atoms with Crippen LogP contribution in [-0.2, 0) is 4.74 Å². The third-order valence-electron chi connectivity index (χ3n) is 5.72. The fourth-order valence-electron chi connectivity index (χ4n) is 3.82. The van der Waals surface area contributed by atoms with E-state index in [-0.39, 0.29) is 22.8 Å². The van der Waals surface area contributed by atoms with Crippen LogP contribution >= 0.6 is 0 Å². The monoisotopic (exact) mass is 341 g/mol. The smallest absolute Gasteiger partial charge is 0.425 e. The molecule has 138 valence electrons. The van der Waals surface area contributed by atoms with E-state index in [1.54, 1.807) is 7.05 Å². The fraction of sp³-hybridized carbons (Fsp3) is 0.889. The summed E-state index contributed by atoms with van der Waals surface area (Å²) in [5, 5.41) is 2.71. The molecule has 0 bridgehead atoms. The fourth-order valence-corrected chi connectivity index (χ4v) is 3.82. The molecule has 24 heavy (non-hydrogen) atoms. The van der Waals surface area contributed by atoms with Crippen LogP contribution in [0.4, 0.5) is 9.18 Å². The number of amides is 1. The number of ether oxygens (including phenoxy) is 1. The van der Waals surface area contributed by atoms with Gasteiger partial charge in [0.05, 0.1) is 0 Å². The quantitative estimate of drug-likeness (QED) is 0.619. The lowest BCUT2D eigenvalue weighted by atomic mass is 9.67. The molecule has 2 heterocycles. The highest BCUT2D eigenvalue weighted by molar-refractivity contribution is 5.93. The standard InChI is InChI=1S/C18H32FN3O2/c1-11-12(15(2,3)4)20-18(9,19)21(10)22-13(11)17(8,16(5,6)7)24-14(22)23/h11,13H,1-10H3/t11-,13?,17-,18?/m0/s1. The molecule has 0 N–H and O–H groups in total. The predicted molar refractivity (Wildman–Crippen MR) is 93.3 cm³/mol. The maximum atomic E-state index is 15.3. The normalized spacial score (nSPS) is 38.5. The molecule has 6 heteroatoms. The van der Waals surface area contributed by atoms with Gasteiger partial charge >= 0.3 is 6.09 Å². The molecular weight excluding hydrogens is 309 g/mol. The average Bonchev–Trinajstić information content (AvgIpc) is 2.60. The number of aliphatic imine (C=N–C) groups is 1. The highest BCUT2D eigenvalue weighted by Gasteiger charge is 2.63. The van der Waals surface area contributed by atoms with Gasteiger partial charge in [-0.3, -0.25) is 0 Å². The van der Waals surface area contributed by atoms with Crippen LogP contribution in [0.2, 0.25) is 0 Å². The van der Waals surface area contributed by atoms with Crippen LogP contribution in [0.1, 0.15) is 62.3 Å². The van der Waals surface area contributed by atoms with Crippen molar-refractivity contribution in [1.29, 1.82) is 0 Å². The van der Waals surface area contributed by atoms with Gasteiger partial charge in [-0.15, -0.1) is 0 Å². The molecule has 0 spiro atoms. The molecule has 2 rings (SSSR count). The van der Waals surface area contributed by atoms with Crippen molar-refractivity contribution >= 4 is 11.8 Å². The Morgan fingerprint density at radius 3 is 2.08 bits per heavy atom. The topological polar surface area (TPSA) is 45.1 Å². The first-order valence-electron chi connectivity index (χ1n) is 8.59. The lowest BCUT2D eigenvalue weighted by Gasteiger charge is -2.45. The van der Waals surface area contributed by atoms with Crippen molar-refractivity contribution in [1.82, 2.24) is 10.0 Å². The Kier molecular flexibility index (Phi) is 4.12. The maximum Gasteiger partial charge on any atom is 0.425 e. The predicted octanol–water partition coefficient (Wildman–Crippen LogP) is 4.24. The average molecular weight is 341 g/mol. The largest absolute Gasteiger partial charge is 0.439 e. The summed E-state index contributed by atoms with van der Waals surface area (Å²) in [5.41, 5.74) is -0.615. The van der Waals surface area contributed by atoms with E-state index in [4.69, 9.17) is 4.74 Å². The van der Waals surface area contributed by atoms with Gasteiger partial charge in [-0.25, -0.2) is 14.8 Å². The maximum absolute atomic E-state index is 15.3. The van der Waals surface area contributed by atoms with Crippen molar-refractivity contribution in [2.24, 2.45) is 21.7 Å². The second-order valence-electron chi connectivity index (χ2n) is 9.48. The van der Waals surface area contributed by atoms with Crippen LogP contribution in [0.25, 0.3) is 0 Å². The molecular formula is C18H32FN3O2. The number of hydrogen-bond acceptors (Lipinski definition) is 4. The first-order chi connectivity index (χ1) is 10.5. The summed E-state index contributed by atoms with van der Waals surface area (Å²) >= 11 is 0. The van der Waals surface area contributed by atoms with Crippen LogP contribution < -0.4 is 0 Å². The van der Waals surface area contributed by atoms with Crippen molar-refractivity contribution in [3.8, 4) is 0 Å². The Morgan fingerprint density at radius 1 is 1.17 bits per heavy atom. The Bertz CT molecular complexity index is 574. The molecule has 1 amide bonds. The first-order valence-corrected chi connectivity index (χ1v) is 8.59. The lowest BCUT2D eigenvalue weighted by Crippen LogP contribution is -2.60. The number of cyclic esters (lactones) is 1. The van der Waals surface area contributed by atoms with Crippen molar-refractivity contribution in [3.63, 3.8) is 0 Å². The Morgan fingerprint density at radius 2 is 1.67 bits per heavy atom. The molecule has 0 aromatic rings. The Balaban J connectivity index is 2.71. The molecule has 0 radical (unpaired) electrons. The van der Waals surface area contributed by atoms with Gasteiger partial charge in [0.2, 0.25) is 0 Å². The summed E-state index contributed by atoms with van der Waals surface area (Å²) in [5.74, 6) is -2.14. The molecule has 2 aliphatic rings. The summed E-state index contributed by atoms with van der Waals surface area (Å²) in [6, 6.07) is -0.328. The number of rotatable bonds is 0. The number of carbonyl (C=O) groups excluding carboxylic acids is 1. The molecule has 1 fully saturated rings. The highest BCUT2D eigenvalue weighted by Crippen LogP contribution is 2.49. The Hall–Kier alpha value is -1.17. The summed E-state index contributed by atoms with van der Waals surface area (Å²) in [6.07, 6.45) is -0.513. The minimum absolute atomic E-state index is 0.138. The van der Waals surface area contributed by atoms with Gasteiger partial charge in [0.1, 0.15) is 11.6 Å². The van der Waals surface area contributed by atoms with E-state index in [1.807, 2.05) is 55.4 Å². The van der Waals surface area contributed by atoms with Crippen LogP contribution in [0.5, 0.6) is 0 Å². The van der Waals surface area contributed by atoms with Gasteiger partial charge in [0, 0.05) is 36.4 Å². The molecule has 2 unspecified atom stereocenters. The number of hydrazine groups is 1. The van der Waals surface area contributed by atoms with E-state index < -0.39 is 17.6 Å². The number of alkyl halides is 1. The number of halogens is 1. The van der Waals surface area contributed by atoms with Crippen LogP contribution in [0, 0.1) is 16.7 Å². The van der Waals surface area contributed by atoms with Crippen molar-refractivity contribution in [3.05, 3.63) is 0 Å². The van der Waals surface area contributed by atoms with E-state index in [1.165, 1.54) is 16.9 Å². The van der Waals surface area contributed by atoms with Crippen molar-refractivity contribution in [2.75, 3.05) is 7.05 Å². The Labute approximate surface area is 145 Å². The number of hydrogen-bond donors (Lipinski definition) is 0. The summed E-state index contributed by atoms with van der Waals surface area (Å²) in [6.45, 7) is 17.6. The summed E-state index contributed by atoms with van der Waals surface area (Å²) in [7, 11) is 1.56. The van der Waals surface area contributed by atoms with Gasteiger partial charge in [-0.2, -0.15) is 9.40 Å². The minimum atomic E-state index is -2.01. The van der Waals surface area contributed by atoms with Crippen molar-refractivity contribution in [2.45, 2.75) is 79.9 Å². The second-order valence-corrected chi connectivity index (χ2v) is 9.48. The van der Waals surface area contributed by atoms with E-state index in [0.717, 1.165) is 5.71 Å². The zero-order valence-electron chi connectivity index (χ0n) is 16.7. The molecule has 0 saturated carbocycles. The lowest BCUT2D eigenvalue weighted by molar-refractivity contribution is -0.132. The zero-order valence-corrected chi connectivity index (χ0v) is 16.7. The molecule has 4 atom stereocenters. The first kappa shape index (κ1) is 19.2. The molecule has 2 aliphatic heterocycles. The van der Waals surface area contributed by atoms with Crippen LogP contribution in [0.15, 0.2) is 4.99 Å². The summed E-state index contributed by atoms with van der Waals surface area (Å²) < 4.78 is 21.2. The zero-order chi connectivity index (χ0) is 18.9. The SMILES string of the molecule is C[C@H]1C(C(C)(C)C)=NC(C)(F)N(C)N2C(=O)O[C@](C)(C(C)(C)C)C12. The van der Waals surface area contributed by atoms with Crippen molar-refractivity contribution < 1.29 is 13.9 Å². The second kappa shape index (κ2) is 5.16. The third-order valence-corrected chi connectivity index (χ3v) is 5.72. The highest BCUT2D eigenvalue weighted by atomic mass is 19.1. The molecule has 0 aromatic carbocycles. The minimum Gasteiger partial charge on any atom is -0.439 e. The van der Waals surface area contributed by atoms with Crippen LogP contribution in [-0.4, -0.2) is 46.4 Å². The number of nitrogens with zero attached hydrogens (tertiary/aromatic N) is 3. The van der Waals surface area contributed by atoms with E-state index in [9.17, 15) is 4.79 Å². The molecule has 0 aliphatic carbocycles. The molecule has 0 aromatic heterocycles.